The van der Waals surface area contributed by atoms with Crippen molar-refractivity contribution >= 4 is 39.2 Å². The van der Waals surface area contributed by atoms with E-state index in [9.17, 15) is 9.59 Å². The maximum absolute atomic E-state index is 13.5. The molecule has 6 nitrogen and oxygen atoms in total. The minimum absolute atomic E-state index is 0.0427. The number of furan rings is 1. The van der Waals surface area contributed by atoms with Gasteiger partial charge in [-0.15, -0.1) is 11.3 Å². The molecule has 34 heavy (non-hydrogen) atoms. The first-order valence-electron chi connectivity index (χ1n) is 11.7. The van der Waals surface area contributed by atoms with Crippen molar-refractivity contribution in [2.24, 2.45) is 0 Å². The van der Waals surface area contributed by atoms with Crippen molar-refractivity contribution in [2.75, 3.05) is 12.3 Å². The second-order valence-electron chi connectivity index (χ2n) is 8.51. The molecule has 0 bridgehead atoms. The number of hydrogen-bond acceptors (Lipinski definition) is 6. The predicted molar refractivity (Wildman–Crippen MR) is 137 cm³/mol. The fourth-order valence-electron chi connectivity index (χ4n) is 4.51. The van der Waals surface area contributed by atoms with Gasteiger partial charge in [0.05, 0.1) is 23.9 Å². The zero-order valence-electron chi connectivity index (χ0n) is 19.1. The molecule has 0 unspecified atom stereocenters. The minimum atomic E-state index is -0.0630. The Labute approximate surface area is 206 Å². The molecule has 1 aromatic carbocycles. The number of carbonyl (C=O) groups is 1. The second kappa shape index (κ2) is 10.2. The van der Waals surface area contributed by atoms with Crippen molar-refractivity contribution in [3.05, 3.63) is 80.8 Å². The number of hydrogen-bond donors (Lipinski definition) is 1. The number of rotatable bonds is 9. The van der Waals surface area contributed by atoms with Gasteiger partial charge in [0.2, 0.25) is 5.91 Å². The number of thiophene rings is 1. The molecule has 0 saturated heterocycles. The molecular formula is C26H27N3O3S2. The Morgan fingerprint density at radius 3 is 2.85 bits per heavy atom. The Balaban J connectivity index is 1.34. The largest absolute Gasteiger partial charge is 0.467 e. The van der Waals surface area contributed by atoms with E-state index in [2.05, 4.69) is 24.4 Å². The zero-order valence-corrected chi connectivity index (χ0v) is 20.7. The van der Waals surface area contributed by atoms with Crippen molar-refractivity contribution < 1.29 is 9.21 Å². The van der Waals surface area contributed by atoms with Gasteiger partial charge in [0, 0.05) is 17.3 Å². The van der Waals surface area contributed by atoms with Gasteiger partial charge in [-0.05, 0) is 48.9 Å². The van der Waals surface area contributed by atoms with Crippen LogP contribution in [0.5, 0.6) is 0 Å². The Morgan fingerprint density at radius 1 is 1.24 bits per heavy atom. The van der Waals surface area contributed by atoms with Gasteiger partial charge in [-0.25, -0.2) is 4.98 Å². The molecule has 1 N–H and O–H groups in total. The molecule has 4 aromatic rings. The lowest BCUT2D eigenvalue weighted by molar-refractivity contribution is -0.118. The molecule has 3 heterocycles. The third-order valence-corrected chi connectivity index (χ3v) is 8.49. The van der Waals surface area contributed by atoms with E-state index >= 15 is 0 Å². The van der Waals surface area contributed by atoms with Crippen LogP contribution in [0.3, 0.4) is 0 Å². The normalized spacial score (nSPS) is 13.8. The van der Waals surface area contributed by atoms with Gasteiger partial charge in [0.15, 0.2) is 5.16 Å². The van der Waals surface area contributed by atoms with Crippen LogP contribution in [-0.2, 0) is 24.2 Å². The van der Waals surface area contributed by atoms with Crippen LogP contribution in [0.1, 0.15) is 47.4 Å². The number of benzene rings is 1. The lowest BCUT2D eigenvalue weighted by Gasteiger charge is -2.16. The van der Waals surface area contributed by atoms with Crippen LogP contribution in [-0.4, -0.2) is 27.8 Å². The van der Waals surface area contributed by atoms with Crippen LogP contribution in [0, 0.1) is 0 Å². The van der Waals surface area contributed by atoms with Gasteiger partial charge in [-0.1, -0.05) is 49.0 Å². The molecule has 0 aliphatic heterocycles. The van der Waals surface area contributed by atoms with Crippen LogP contribution in [0.2, 0.25) is 0 Å². The van der Waals surface area contributed by atoms with Gasteiger partial charge in [-0.2, -0.15) is 0 Å². The van der Waals surface area contributed by atoms with Crippen molar-refractivity contribution in [3.63, 3.8) is 0 Å². The standard InChI is InChI=1S/C26H27N3O3S2/c1-2-17(18-8-4-3-5-9-18)14-27-22(30)16-33-26-28-24-23(20-11-6-12-21(20)34-24)25(31)29(26)15-19-10-7-13-32-19/h3-5,7-10,13,17H,2,6,11-12,14-16H2,1H3,(H,27,30)/t17-/m0/s1. The van der Waals surface area contributed by atoms with Crippen LogP contribution in [0.25, 0.3) is 10.2 Å². The lowest BCUT2D eigenvalue weighted by Crippen LogP contribution is -2.30. The molecule has 0 spiro atoms. The first kappa shape index (κ1) is 22.9. The SMILES string of the molecule is CC[C@@H](CNC(=O)CSc1nc2sc3c(c2c(=O)n1Cc1ccco1)CCC3)c1ccccc1. The maximum atomic E-state index is 13.5. The smallest absolute Gasteiger partial charge is 0.263 e. The highest BCUT2D eigenvalue weighted by Crippen LogP contribution is 2.35. The van der Waals surface area contributed by atoms with E-state index in [-0.39, 0.29) is 23.1 Å². The van der Waals surface area contributed by atoms with Crippen molar-refractivity contribution in [1.29, 1.82) is 0 Å². The van der Waals surface area contributed by atoms with Crippen LogP contribution < -0.4 is 10.9 Å². The Kier molecular flexibility index (Phi) is 6.87. The molecule has 3 aromatic heterocycles. The van der Waals surface area contributed by atoms with Crippen molar-refractivity contribution in [1.82, 2.24) is 14.9 Å². The lowest BCUT2D eigenvalue weighted by atomic mass is 9.96. The average Bonchev–Trinajstić information content (AvgIpc) is 3.59. The Bertz CT molecular complexity index is 1340. The Hall–Kier alpha value is -2.84. The summed E-state index contributed by atoms with van der Waals surface area (Å²) in [5.74, 6) is 1.10. The van der Waals surface area contributed by atoms with Gasteiger partial charge < -0.3 is 9.73 Å². The minimum Gasteiger partial charge on any atom is -0.467 e. The molecule has 1 amide bonds. The summed E-state index contributed by atoms with van der Waals surface area (Å²) in [7, 11) is 0. The first-order chi connectivity index (χ1) is 16.6. The van der Waals surface area contributed by atoms with E-state index in [0.717, 1.165) is 41.5 Å². The third-order valence-electron chi connectivity index (χ3n) is 6.33. The summed E-state index contributed by atoms with van der Waals surface area (Å²) in [6, 6.07) is 13.9. The quantitative estimate of drug-likeness (QED) is 0.263. The molecular weight excluding hydrogens is 466 g/mol. The number of fused-ring (bicyclic) bond motifs is 3. The summed E-state index contributed by atoms with van der Waals surface area (Å²) in [5.41, 5.74) is 2.34. The van der Waals surface area contributed by atoms with E-state index in [1.54, 1.807) is 22.2 Å². The molecule has 1 aliphatic rings. The summed E-state index contributed by atoms with van der Waals surface area (Å²) in [6.45, 7) is 3.02. The molecule has 176 valence electrons. The summed E-state index contributed by atoms with van der Waals surface area (Å²) in [6.07, 6.45) is 5.58. The number of aryl methyl sites for hydroxylation is 2. The van der Waals surface area contributed by atoms with Crippen molar-refractivity contribution in [3.8, 4) is 0 Å². The first-order valence-corrected chi connectivity index (χ1v) is 13.5. The summed E-state index contributed by atoms with van der Waals surface area (Å²) in [5, 5.41) is 4.36. The summed E-state index contributed by atoms with van der Waals surface area (Å²) >= 11 is 2.93. The Morgan fingerprint density at radius 2 is 2.09 bits per heavy atom. The molecule has 0 fully saturated rings. The number of amides is 1. The van der Waals surface area contributed by atoms with Crippen molar-refractivity contribution in [2.45, 2.75) is 50.2 Å². The fraction of sp³-hybridized carbons (Fsp3) is 0.346. The number of thioether (sulfide) groups is 1. The number of nitrogens with zero attached hydrogens (tertiary/aromatic N) is 2. The van der Waals surface area contributed by atoms with E-state index in [4.69, 9.17) is 9.40 Å². The molecule has 1 aliphatic carbocycles. The van der Waals surface area contributed by atoms with E-state index in [1.165, 1.54) is 22.2 Å². The average molecular weight is 494 g/mol. The zero-order chi connectivity index (χ0) is 23.5. The topological polar surface area (TPSA) is 77.1 Å². The van der Waals surface area contributed by atoms with E-state index in [1.807, 2.05) is 30.3 Å². The molecule has 8 heteroatoms. The molecule has 0 radical (unpaired) electrons. The highest BCUT2D eigenvalue weighted by atomic mass is 32.2. The number of aromatic nitrogens is 2. The molecule has 0 saturated carbocycles. The highest BCUT2D eigenvalue weighted by molar-refractivity contribution is 7.99. The monoisotopic (exact) mass is 493 g/mol. The fourth-order valence-corrected chi connectivity index (χ4v) is 6.64. The summed E-state index contributed by atoms with van der Waals surface area (Å²) in [4.78, 5) is 33.1. The van der Waals surface area contributed by atoms with Crippen LogP contribution in [0.15, 0.2) is 63.1 Å². The maximum Gasteiger partial charge on any atom is 0.263 e. The van der Waals surface area contributed by atoms with Gasteiger partial charge in [-0.3, -0.25) is 14.2 Å². The van der Waals surface area contributed by atoms with Crippen LogP contribution >= 0.6 is 23.1 Å². The van der Waals surface area contributed by atoms with E-state index < -0.39 is 0 Å². The molecule has 1 atom stereocenters. The summed E-state index contributed by atoms with van der Waals surface area (Å²) < 4.78 is 7.16. The van der Waals surface area contributed by atoms with Gasteiger partial charge in [0.25, 0.3) is 5.56 Å². The number of carbonyl (C=O) groups excluding carboxylic acids is 1. The van der Waals surface area contributed by atoms with Crippen LogP contribution in [0.4, 0.5) is 0 Å². The highest BCUT2D eigenvalue weighted by Gasteiger charge is 2.24. The van der Waals surface area contributed by atoms with Gasteiger partial charge in [0.1, 0.15) is 10.6 Å². The molecule has 5 rings (SSSR count). The predicted octanol–water partition coefficient (Wildman–Crippen LogP) is 4.99. The van der Waals surface area contributed by atoms with Gasteiger partial charge >= 0.3 is 0 Å². The third kappa shape index (κ3) is 4.70. The second-order valence-corrected chi connectivity index (χ2v) is 10.5. The van der Waals surface area contributed by atoms with E-state index in [0.29, 0.717) is 24.0 Å². The number of nitrogens with one attached hydrogen (secondary N) is 1.